The standard InChI is InChI=1S/C13H16N2OS/c1-8-3-6-11(16-8)13-15-9(2)12(17-13)7-14-10-4-5-10/h3,6,10,14H,4-5,7H2,1-2H3. The minimum absolute atomic E-state index is 0.741. The number of nitrogens with one attached hydrogen (secondary N) is 1. The highest BCUT2D eigenvalue weighted by molar-refractivity contribution is 7.15. The molecule has 2 aromatic rings. The minimum atomic E-state index is 0.741. The zero-order valence-corrected chi connectivity index (χ0v) is 10.9. The summed E-state index contributed by atoms with van der Waals surface area (Å²) in [6.45, 7) is 4.97. The van der Waals surface area contributed by atoms with Gasteiger partial charge in [-0.2, -0.15) is 0 Å². The van der Waals surface area contributed by atoms with Crippen molar-refractivity contribution >= 4 is 11.3 Å². The summed E-state index contributed by atoms with van der Waals surface area (Å²) in [6, 6.07) is 4.71. The van der Waals surface area contributed by atoms with Gasteiger partial charge in [0.2, 0.25) is 0 Å². The largest absolute Gasteiger partial charge is 0.459 e. The van der Waals surface area contributed by atoms with Gasteiger partial charge in [0.25, 0.3) is 0 Å². The summed E-state index contributed by atoms with van der Waals surface area (Å²) in [5, 5.41) is 4.51. The van der Waals surface area contributed by atoms with Crippen LogP contribution in [0.4, 0.5) is 0 Å². The average Bonchev–Trinajstić information content (AvgIpc) is 2.92. The van der Waals surface area contributed by atoms with Crippen LogP contribution in [-0.2, 0) is 6.54 Å². The second kappa shape index (κ2) is 4.27. The van der Waals surface area contributed by atoms with Crippen molar-refractivity contribution in [2.75, 3.05) is 0 Å². The van der Waals surface area contributed by atoms with Gasteiger partial charge in [-0.15, -0.1) is 11.3 Å². The lowest BCUT2D eigenvalue weighted by Gasteiger charge is -1.99. The van der Waals surface area contributed by atoms with E-state index in [0.717, 1.165) is 34.8 Å². The Morgan fingerprint density at radius 1 is 1.41 bits per heavy atom. The van der Waals surface area contributed by atoms with Crippen LogP contribution in [0.25, 0.3) is 10.8 Å². The first kappa shape index (κ1) is 11.0. The van der Waals surface area contributed by atoms with Crippen molar-refractivity contribution < 1.29 is 4.42 Å². The Morgan fingerprint density at radius 2 is 2.24 bits per heavy atom. The molecule has 2 aromatic heterocycles. The first-order valence-electron chi connectivity index (χ1n) is 5.99. The van der Waals surface area contributed by atoms with Crippen LogP contribution in [0.3, 0.4) is 0 Å². The van der Waals surface area contributed by atoms with E-state index in [4.69, 9.17) is 4.42 Å². The molecule has 0 atom stereocenters. The third-order valence-corrected chi connectivity index (χ3v) is 4.14. The minimum Gasteiger partial charge on any atom is -0.459 e. The highest BCUT2D eigenvalue weighted by atomic mass is 32.1. The number of hydrogen-bond acceptors (Lipinski definition) is 4. The van der Waals surface area contributed by atoms with Crippen molar-refractivity contribution in [1.29, 1.82) is 0 Å². The Balaban J connectivity index is 1.79. The molecule has 0 aliphatic heterocycles. The van der Waals surface area contributed by atoms with Gasteiger partial charge in [-0.1, -0.05) is 0 Å². The fourth-order valence-corrected chi connectivity index (χ4v) is 2.75. The Morgan fingerprint density at radius 3 is 2.88 bits per heavy atom. The summed E-state index contributed by atoms with van der Waals surface area (Å²) < 4.78 is 5.60. The Kier molecular flexibility index (Phi) is 2.76. The Bertz CT molecular complexity index is 525. The van der Waals surface area contributed by atoms with Gasteiger partial charge >= 0.3 is 0 Å². The summed E-state index contributed by atoms with van der Waals surface area (Å²) in [6.07, 6.45) is 2.64. The molecule has 0 saturated heterocycles. The maximum atomic E-state index is 5.60. The number of aryl methyl sites for hydroxylation is 2. The Labute approximate surface area is 105 Å². The molecule has 4 heteroatoms. The molecular weight excluding hydrogens is 232 g/mol. The number of nitrogens with zero attached hydrogens (tertiary/aromatic N) is 1. The van der Waals surface area contributed by atoms with Gasteiger partial charge in [-0.3, -0.25) is 0 Å². The zero-order chi connectivity index (χ0) is 11.8. The first-order chi connectivity index (χ1) is 8.22. The fourth-order valence-electron chi connectivity index (χ4n) is 1.77. The van der Waals surface area contributed by atoms with Crippen LogP contribution in [0.2, 0.25) is 0 Å². The van der Waals surface area contributed by atoms with Crippen molar-refractivity contribution in [3.63, 3.8) is 0 Å². The average molecular weight is 248 g/mol. The highest BCUT2D eigenvalue weighted by Gasteiger charge is 2.21. The van der Waals surface area contributed by atoms with Gasteiger partial charge in [0.05, 0.1) is 5.69 Å². The number of furan rings is 1. The van der Waals surface area contributed by atoms with E-state index in [2.05, 4.69) is 17.2 Å². The van der Waals surface area contributed by atoms with E-state index in [1.807, 2.05) is 19.1 Å². The van der Waals surface area contributed by atoms with Gasteiger partial charge in [0.15, 0.2) is 10.8 Å². The van der Waals surface area contributed by atoms with Crippen LogP contribution in [0.1, 0.15) is 29.2 Å². The maximum absolute atomic E-state index is 5.60. The summed E-state index contributed by atoms with van der Waals surface area (Å²) in [7, 11) is 0. The van der Waals surface area contributed by atoms with E-state index in [0.29, 0.717) is 0 Å². The lowest BCUT2D eigenvalue weighted by atomic mass is 10.4. The highest BCUT2D eigenvalue weighted by Crippen LogP contribution is 2.30. The van der Waals surface area contributed by atoms with Gasteiger partial charge in [0, 0.05) is 17.5 Å². The number of hydrogen-bond donors (Lipinski definition) is 1. The van der Waals surface area contributed by atoms with Crippen LogP contribution in [-0.4, -0.2) is 11.0 Å². The maximum Gasteiger partial charge on any atom is 0.162 e. The first-order valence-corrected chi connectivity index (χ1v) is 6.80. The molecule has 1 aliphatic rings. The molecule has 1 aliphatic carbocycles. The van der Waals surface area contributed by atoms with Gasteiger partial charge in [-0.05, 0) is 38.8 Å². The van der Waals surface area contributed by atoms with Crippen molar-refractivity contribution in [2.24, 2.45) is 0 Å². The van der Waals surface area contributed by atoms with Crippen molar-refractivity contribution in [1.82, 2.24) is 10.3 Å². The van der Waals surface area contributed by atoms with Crippen LogP contribution in [0, 0.1) is 13.8 Å². The Hall–Kier alpha value is -1.13. The molecule has 90 valence electrons. The van der Waals surface area contributed by atoms with Gasteiger partial charge in [0.1, 0.15) is 5.76 Å². The number of rotatable bonds is 4. The third kappa shape index (κ3) is 2.42. The van der Waals surface area contributed by atoms with E-state index in [1.54, 1.807) is 11.3 Å². The molecule has 1 fully saturated rings. The second-order valence-electron chi connectivity index (χ2n) is 4.59. The van der Waals surface area contributed by atoms with Crippen molar-refractivity contribution in [3.05, 3.63) is 28.5 Å². The molecule has 3 rings (SSSR count). The normalized spacial score (nSPS) is 15.4. The SMILES string of the molecule is Cc1ccc(-c2nc(C)c(CNC3CC3)s2)o1. The molecule has 3 nitrogen and oxygen atoms in total. The second-order valence-corrected chi connectivity index (χ2v) is 5.68. The molecule has 0 bridgehead atoms. The zero-order valence-electron chi connectivity index (χ0n) is 10.1. The van der Waals surface area contributed by atoms with Crippen molar-refractivity contribution in [2.45, 2.75) is 39.3 Å². The quantitative estimate of drug-likeness (QED) is 0.902. The predicted molar refractivity (Wildman–Crippen MR) is 69.2 cm³/mol. The summed E-state index contributed by atoms with van der Waals surface area (Å²) in [5.74, 6) is 1.82. The van der Waals surface area contributed by atoms with Crippen LogP contribution in [0.5, 0.6) is 0 Å². The van der Waals surface area contributed by atoms with Crippen molar-refractivity contribution in [3.8, 4) is 10.8 Å². The lowest BCUT2D eigenvalue weighted by Crippen LogP contribution is -2.14. The molecule has 17 heavy (non-hydrogen) atoms. The lowest BCUT2D eigenvalue weighted by molar-refractivity contribution is 0.548. The molecule has 0 spiro atoms. The van der Waals surface area contributed by atoms with E-state index < -0.39 is 0 Å². The molecule has 0 amide bonds. The van der Waals surface area contributed by atoms with Crippen LogP contribution in [0.15, 0.2) is 16.5 Å². The molecule has 1 N–H and O–H groups in total. The summed E-state index contributed by atoms with van der Waals surface area (Å²) in [4.78, 5) is 5.90. The molecular formula is C13H16N2OS. The molecule has 2 heterocycles. The number of thiazole rings is 1. The van der Waals surface area contributed by atoms with E-state index in [9.17, 15) is 0 Å². The summed E-state index contributed by atoms with van der Waals surface area (Å²) >= 11 is 1.73. The van der Waals surface area contributed by atoms with E-state index in [-0.39, 0.29) is 0 Å². The molecule has 0 unspecified atom stereocenters. The van der Waals surface area contributed by atoms with Crippen LogP contribution >= 0.6 is 11.3 Å². The predicted octanol–water partition coefficient (Wildman–Crippen LogP) is 3.27. The van der Waals surface area contributed by atoms with Crippen LogP contribution < -0.4 is 5.32 Å². The fraction of sp³-hybridized carbons (Fsp3) is 0.462. The smallest absolute Gasteiger partial charge is 0.162 e. The van der Waals surface area contributed by atoms with Gasteiger partial charge < -0.3 is 9.73 Å². The molecule has 0 aromatic carbocycles. The molecule has 0 radical (unpaired) electrons. The number of aromatic nitrogens is 1. The van der Waals surface area contributed by atoms with E-state index >= 15 is 0 Å². The van der Waals surface area contributed by atoms with Gasteiger partial charge in [-0.25, -0.2) is 4.98 Å². The third-order valence-electron chi connectivity index (χ3n) is 2.97. The molecule has 1 saturated carbocycles. The topological polar surface area (TPSA) is 38.1 Å². The summed E-state index contributed by atoms with van der Waals surface area (Å²) in [5.41, 5.74) is 1.12. The van der Waals surface area contributed by atoms with E-state index in [1.165, 1.54) is 17.7 Å². The monoisotopic (exact) mass is 248 g/mol.